The molecule has 0 aliphatic carbocycles. The number of rotatable bonds is 6. The number of ether oxygens (including phenoxy) is 1. The molecule has 1 aromatic rings. The summed E-state index contributed by atoms with van der Waals surface area (Å²) in [5, 5.41) is 12.0. The molecule has 1 aliphatic heterocycles. The second-order valence-electron chi connectivity index (χ2n) is 5.75. The zero-order valence-electron chi connectivity index (χ0n) is 12.8. The van der Waals surface area contributed by atoms with E-state index in [4.69, 9.17) is 4.74 Å². The molecule has 0 spiro atoms. The van der Waals surface area contributed by atoms with Gasteiger partial charge in [-0.25, -0.2) is 0 Å². The van der Waals surface area contributed by atoms with Crippen LogP contribution in [-0.4, -0.2) is 42.5 Å². The van der Waals surface area contributed by atoms with E-state index >= 15 is 0 Å². The largest absolute Gasteiger partial charge is 0.375 e. The van der Waals surface area contributed by atoms with Crippen LogP contribution in [0.2, 0.25) is 0 Å². The van der Waals surface area contributed by atoms with Crippen molar-refractivity contribution in [2.75, 3.05) is 31.1 Å². The summed E-state index contributed by atoms with van der Waals surface area (Å²) in [5.74, 6) is 1.61. The highest BCUT2D eigenvalue weighted by atomic mass is 16.5. The third-order valence-electron chi connectivity index (χ3n) is 3.48. The number of nitrogens with one attached hydrogen (secondary N) is 1. The van der Waals surface area contributed by atoms with E-state index in [0.717, 1.165) is 50.7 Å². The van der Waals surface area contributed by atoms with Crippen LogP contribution in [0.1, 0.15) is 32.9 Å². The van der Waals surface area contributed by atoms with Gasteiger partial charge in [0.2, 0.25) is 0 Å². The minimum absolute atomic E-state index is 0.318. The highest BCUT2D eigenvalue weighted by Gasteiger charge is 2.20. The van der Waals surface area contributed by atoms with Crippen LogP contribution in [0.4, 0.5) is 5.82 Å². The van der Waals surface area contributed by atoms with Crippen molar-refractivity contribution < 1.29 is 4.74 Å². The number of anilines is 1. The van der Waals surface area contributed by atoms with E-state index in [1.807, 2.05) is 0 Å². The molecule has 20 heavy (non-hydrogen) atoms. The van der Waals surface area contributed by atoms with Crippen molar-refractivity contribution in [3.05, 3.63) is 17.8 Å². The lowest BCUT2D eigenvalue weighted by Crippen LogP contribution is -2.42. The average Bonchev–Trinajstić information content (AvgIpc) is 2.48. The van der Waals surface area contributed by atoms with Gasteiger partial charge in [0.1, 0.15) is 0 Å². The lowest BCUT2D eigenvalue weighted by molar-refractivity contribution is 0.0381. The summed E-state index contributed by atoms with van der Waals surface area (Å²) in [7, 11) is 0. The first-order chi connectivity index (χ1) is 9.69. The lowest BCUT2D eigenvalue weighted by atomic mass is 10.2. The first kappa shape index (κ1) is 15.2. The standard InChI is InChI=1S/C15H26N4O/c1-4-14-11-19(7-8-20-14)15-6-5-13(17-18-15)10-16-9-12(2)3/h5-6,12,14,16H,4,7-11H2,1-3H3. The Bertz CT molecular complexity index is 393. The summed E-state index contributed by atoms with van der Waals surface area (Å²) in [5.41, 5.74) is 0.995. The SMILES string of the molecule is CCC1CN(c2ccc(CNCC(C)C)nn2)CCO1. The van der Waals surface area contributed by atoms with Gasteiger partial charge in [0.05, 0.1) is 18.4 Å². The van der Waals surface area contributed by atoms with Gasteiger partial charge >= 0.3 is 0 Å². The van der Waals surface area contributed by atoms with Crippen LogP contribution in [0, 0.1) is 5.92 Å². The Morgan fingerprint density at radius 1 is 1.40 bits per heavy atom. The number of hydrogen-bond donors (Lipinski definition) is 1. The Morgan fingerprint density at radius 2 is 2.25 bits per heavy atom. The Balaban J connectivity index is 1.87. The molecule has 112 valence electrons. The maximum atomic E-state index is 5.68. The Morgan fingerprint density at radius 3 is 2.90 bits per heavy atom. The number of aromatic nitrogens is 2. The predicted molar refractivity (Wildman–Crippen MR) is 80.8 cm³/mol. The summed E-state index contributed by atoms with van der Waals surface area (Å²) >= 11 is 0. The van der Waals surface area contributed by atoms with Crippen LogP contribution < -0.4 is 10.2 Å². The molecule has 1 aliphatic rings. The summed E-state index contributed by atoms with van der Waals surface area (Å²) in [4.78, 5) is 2.26. The van der Waals surface area contributed by atoms with E-state index in [1.165, 1.54) is 0 Å². The van der Waals surface area contributed by atoms with Crippen LogP contribution in [0.25, 0.3) is 0 Å². The summed E-state index contributed by atoms with van der Waals surface area (Å²) < 4.78 is 5.68. The van der Waals surface area contributed by atoms with E-state index in [0.29, 0.717) is 12.0 Å². The highest BCUT2D eigenvalue weighted by molar-refractivity contribution is 5.37. The van der Waals surface area contributed by atoms with Crippen LogP contribution in [0.5, 0.6) is 0 Å². The molecule has 1 fully saturated rings. The molecular formula is C15H26N4O. The molecule has 0 amide bonds. The molecule has 1 unspecified atom stereocenters. The van der Waals surface area contributed by atoms with Crippen molar-refractivity contribution in [2.24, 2.45) is 5.92 Å². The number of nitrogens with zero attached hydrogens (tertiary/aromatic N) is 3. The summed E-state index contributed by atoms with van der Waals surface area (Å²) in [6.45, 7) is 10.9. The second kappa shape index (κ2) is 7.55. The predicted octanol–water partition coefficient (Wildman–Crippen LogP) is 1.84. The van der Waals surface area contributed by atoms with Crippen LogP contribution in [-0.2, 0) is 11.3 Å². The minimum atomic E-state index is 0.318. The van der Waals surface area contributed by atoms with E-state index in [1.54, 1.807) is 0 Å². The van der Waals surface area contributed by atoms with Gasteiger partial charge < -0.3 is 15.0 Å². The Hall–Kier alpha value is -1.20. The maximum Gasteiger partial charge on any atom is 0.151 e. The topological polar surface area (TPSA) is 50.3 Å². The molecule has 1 aromatic heterocycles. The molecule has 1 saturated heterocycles. The summed E-state index contributed by atoms with van der Waals surface area (Å²) in [6, 6.07) is 4.13. The number of hydrogen-bond acceptors (Lipinski definition) is 5. The van der Waals surface area contributed by atoms with Gasteiger partial charge in [-0.3, -0.25) is 0 Å². The molecule has 5 nitrogen and oxygen atoms in total. The van der Waals surface area contributed by atoms with E-state index in [2.05, 4.69) is 53.3 Å². The van der Waals surface area contributed by atoms with Crippen molar-refractivity contribution in [3.63, 3.8) is 0 Å². The van der Waals surface area contributed by atoms with Crippen LogP contribution in [0.15, 0.2) is 12.1 Å². The van der Waals surface area contributed by atoms with Gasteiger partial charge in [0, 0.05) is 19.6 Å². The van der Waals surface area contributed by atoms with Gasteiger partial charge in [0.25, 0.3) is 0 Å². The smallest absolute Gasteiger partial charge is 0.151 e. The first-order valence-electron chi connectivity index (χ1n) is 7.59. The van der Waals surface area contributed by atoms with E-state index in [-0.39, 0.29) is 0 Å². The van der Waals surface area contributed by atoms with Gasteiger partial charge in [-0.2, -0.15) is 5.10 Å². The fourth-order valence-electron chi connectivity index (χ4n) is 2.28. The molecule has 0 radical (unpaired) electrons. The lowest BCUT2D eigenvalue weighted by Gasteiger charge is -2.32. The van der Waals surface area contributed by atoms with E-state index < -0.39 is 0 Å². The maximum absolute atomic E-state index is 5.68. The van der Waals surface area contributed by atoms with Crippen molar-refractivity contribution in [3.8, 4) is 0 Å². The average molecular weight is 278 g/mol. The Labute approximate surface area is 121 Å². The molecule has 0 saturated carbocycles. The quantitative estimate of drug-likeness (QED) is 0.860. The van der Waals surface area contributed by atoms with E-state index in [9.17, 15) is 0 Å². The monoisotopic (exact) mass is 278 g/mol. The molecule has 1 atom stereocenters. The fraction of sp³-hybridized carbons (Fsp3) is 0.733. The minimum Gasteiger partial charge on any atom is -0.375 e. The molecule has 2 rings (SSSR count). The number of morpholine rings is 1. The second-order valence-corrected chi connectivity index (χ2v) is 5.75. The highest BCUT2D eigenvalue weighted by Crippen LogP contribution is 2.15. The Kier molecular flexibility index (Phi) is 5.73. The fourth-order valence-corrected chi connectivity index (χ4v) is 2.28. The van der Waals surface area contributed by atoms with Crippen molar-refractivity contribution >= 4 is 5.82 Å². The van der Waals surface area contributed by atoms with Gasteiger partial charge in [-0.15, -0.1) is 5.10 Å². The molecule has 0 aromatic carbocycles. The van der Waals surface area contributed by atoms with Crippen LogP contribution in [0.3, 0.4) is 0 Å². The molecular weight excluding hydrogens is 252 g/mol. The molecule has 2 heterocycles. The van der Waals surface area contributed by atoms with Gasteiger partial charge in [-0.1, -0.05) is 20.8 Å². The molecule has 1 N–H and O–H groups in total. The summed E-state index contributed by atoms with van der Waals surface area (Å²) in [6.07, 6.45) is 1.36. The van der Waals surface area contributed by atoms with Gasteiger partial charge in [0.15, 0.2) is 5.82 Å². The zero-order valence-corrected chi connectivity index (χ0v) is 12.8. The van der Waals surface area contributed by atoms with Gasteiger partial charge in [-0.05, 0) is 31.0 Å². The first-order valence-corrected chi connectivity index (χ1v) is 7.59. The zero-order chi connectivity index (χ0) is 14.4. The third-order valence-corrected chi connectivity index (χ3v) is 3.48. The molecule has 5 heteroatoms. The van der Waals surface area contributed by atoms with Crippen molar-refractivity contribution in [2.45, 2.75) is 39.8 Å². The van der Waals surface area contributed by atoms with Crippen molar-refractivity contribution in [1.82, 2.24) is 15.5 Å². The molecule has 0 bridgehead atoms. The van der Waals surface area contributed by atoms with Crippen LogP contribution >= 0.6 is 0 Å². The third kappa shape index (κ3) is 4.42. The van der Waals surface area contributed by atoms with Crippen molar-refractivity contribution in [1.29, 1.82) is 0 Å². The normalized spacial score (nSPS) is 19.6.